The normalized spacial score (nSPS) is 12.2. The maximum Gasteiger partial charge on any atom is 0.0859 e. The molecule has 2 heterocycles. The van der Waals surface area contributed by atoms with E-state index in [2.05, 4.69) is 173 Å². The zero-order valence-corrected chi connectivity index (χ0v) is 25.8. The average molecular weight is 602 g/mol. The van der Waals surface area contributed by atoms with Crippen molar-refractivity contribution in [1.82, 2.24) is 4.57 Å². The Labute approximate surface area is 274 Å². The van der Waals surface area contributed by atoms with Gasteiger partial charge in [-0.05, 0) is 88.6 Å². The van der Waals surface area contributed by atoms with E-state index in [0.29, 0.717) is 0 Å². The molecule has 3 heteroatoms. The Morgan fingerprint density at radius 1 is 0.511 bits per heavy atom. The van der Waals surface area contributed by atoms with Gasteiger partial charge < -0.3 is 9.47 Å². The van der Waals surface area contributed by atoms with Gasteiger partial charge in [0, 0.05) is 28.6 Å². The smallest absolute Gasteiger partial charge is 0.0859 e. The van der Waals surface area contributed by atoms with Gasteiger partial charge in [0.15, 0.2) is 0 Å². The van der Waals surface area contributed by atoms with Crippen LogP contribution < -0.4 is 4.90 Å². The first-order valence-corrected chi connectivity index (χ1v) is 16.0. The van der Waals surface area contributed by atoms with Gasteiger partial charge in [-0.15, -0.1) is 0 Å². The monoisotopic (exact) mass is 601 g/mol. The second-order valence-electron chi connectivity index (χ2n) is 12.1. The molecule has 0 saturated carbocycles. The number of benzene rings is 7. The average Bonchev–Trinajstić information content (AvgIpc) is 3.49. The number of hydrogen-bond donors (Lipinski definition) is 0. The molecule has 222 valence electrons. The highest BCUT2D eigenvalue weighted by atomic mass is 15.2. The van der Waals surface area contributed by atoms with E-state index in [1.54, 1.807) is 0 Å². The Morgan fingerprint density at radius 2 is 1.15 bits per heavy atom. The number of rotatable bonds is 5. The molecule has 0 atom stereocenters. The van der Waals surface area contributed by atoms with Crippen LogP contribution in [-0.4, -0.2) is 11.3 Å². The molecule has 7 aromatic carbocycles. The molecule has 0 spiro atoms. The summed E-state index contributed by atoms with van der Waals surface area (Å²) in [4.78, 5) is 6.80. The van der Waals surface area contributed by atoms with E-state index in [0.717, 1.165) is 23.6 Å². The molecule has 1 aromatic heterocycles. The topological polar surface area (TPSA) is 20.5 Å². The molecule has 0 saturated heterocycles. The Hall–Kier alpha value is -6.19. The lowest BCUT2D eigenvalue weighted by Crippen LogP contribution is -2.21. The Bertz CT molecular complexity index is 2400. The van der Waals surface area contributed by atoms with Crippen LogP contribution in [0.3, 0.4) is 0 Å². The van der Waals surface area contributed by atoms with E-state index in [4.69, 9.17) is 0 Å². The van der Waals surface area contributed by atoms with Crippen molar-refractivity contribution in [2.24, 2.45) is 4.99 Å². The first kappa shape index (κ1) is 27.1. The van der Waals surface area contributed by atoms with E-state index in [1.807, 2.05) is 12.1 Å². The third kappa shape index (κ3) is 4.39. The first-order chi connectivity index (χ1) is 23.3. The number of anilines is 2. The van der Waals surface area contributed by atoms with Gasteiger partial charge in [-0.25, -0.2) is 0 Å². The van der Waals surface area contributed by atoms with E-state index < -0.39 is 0 Å². The van der Waals surface area contributed by atoms with Gasteiger partial charge in [-0.2, -0.15) is 0 Å². The summed E-state index contributed by atoms with van der Waals surface area (Å²) >= 11 is 0. The highest BCUT2D eigenvalue weighted by Gasteiger charge is 2.28. The molecule has 0 bridgehead atoms. The lowest BCUT2D eigenvalue weighted by atomic mass is 9.89. The number of aromatic nitrogens is 1. The molecule has 0 unspecified atom stereocenters. The molecule has 0 aliphatic carbocycles. The number of aliphatic imine (C=N–C) groups is 1. The standard InChI is InChI=1S/C44H31N3/c1-45-38-21-11-13-23-40(38)46-29-32-18-8-9-19-36(32)43-41(46)24-25-42-44(43)37-20-10-12-22-39(37)47(42)35-27-33(30-14-4-2-5-15-30)26-34(28-35)31-16-6-3-7-17-31/h2-28H,1,29H2. The molecule has 9 rings (SSSR count). The largest absolute Gasteiger partial charge is 0.335 e. The summed E-state index contributed by atoms with van der Waals surface area (Å²) in [6, 6.07) is 58.9. The Morgan fingerprint density at radius 3 is 1.89 bits per heavy atom. The van der Waals surface area contributed by atoms with Crippen molar-refractivity contribution in [2.75, 3.05) is 4.90 Å². The minimum Gasteiger partial charge on any atom is -0.335 e. The van der Waals surface area contributed by atoms with Crippen molar-refractivity contribution in [3.05, 3.63) is 169 Å². The third-order valence-corrected chi connectivity index (χ3v) is 9.46. The minimum atomic E-state index is 0.763. The number of hydrogen-bond acceptors (Lipinski definition) is 2. The van der Waals surface area contributed by atoms with Crippen molar-refractivity contribution in [3.63, 3.8) is 0 Å². The van der Waals surface area contributed by atoms with Crippen LogP contribution in [0.1, 0.15) is 5.56 Å². The molecule has 0 radical (unpaired) electrons. The van der Waals surface area contributed by atoms with E-state index in [-0.39, 0.29) is 0 Å². The van der Waals surface area contributed by atoms with Gasteiger partial charge in [-0.1, -0.05) is 115 Å². The lowest BCUT2D eigenvalue weighted by Gasteiger charge is -2.34. The summed E-state index contributed by atoms with van der Waals surface area (Å²) in [6.07, 6.45) is 0. The molecular weight excluding hydrogens is 571 g/mol. The maximum atomic E-state index is 4.40. The van der Waals surface area contributed by atoms with Crippen molar-refractivity contribution < 1.29 is 0 Å². The molecular formula is C44H31N3. The second-order valence-corrected chi connectivity index (χ2v) is 12.1. The second kappa shape index (κ2) is 11.0. The van der Waals surface area contributed by atoms with Crippen LogP contribution >= 0.6 is 0 Å². The van der Waals surface area contributed by atoms with Crippen molar-refractivity contribution in [1.29, 1.82) is 0 Å². The van der Waals surface area contributed by atoms with Crippen LogP contribution in [0.4, 0.5) is 17.1 Å². The number of nitrogens with zero attached hydrogens (tertiary/aromatic N) is 3. The zero-order valence-electron chi connectivity index (χ0n) is 25.8. The van der Waals surface area contributed by atoms with Gasteiger partial charge in [0.05, 0.1) is 28.1 Å². The van der Waals surface area contributed by atoms with Crippen LogP contribution in [0.15, 0.2) is 169 Å². The molecule has 0 amide bonds. The first-order valence-electron chi connectivity index (χ1n) is 16.0. The minimum absolute atomic E-state index is 0.763. The SMILES string of the molecule is C=Nc1ccccc1N1Cc2ccccc2-c2c1ccc1c2c2ccccc2n1-c1cc(-c2ccccc2)cc(-c2ccccc2)c1. The van der Waals surface area contributed by atoms with Gasteiger partial charge in [0.2, 0.25) is 0 Å². The van der Waals surface area contributed by atoms with E-state index >= 15 is 0 Å². The van der Waals surface area contributed by atoms with Crippen molar-refractivity contribution in [3.8, 4) is 39.1 Å². The van der Waals surface area contributed by atoms with Gasteiger partial charge in [-0.3, -0.25) is 4.99 Å². The predicted molar refractivity (Wildman–Crippen MR) is 199 cm³/mol. The molecule has 0 fully saturated rings. The van der Waals surface area contributed by atoms with Crippen LogP contribution in [0, 0.1) is 0 Å². The Balaban J connectivity index is 1.37. The maximum absolute atomic E-state index is 4.40. The Kier molecular flexibility index (Phi) is 6.36. The molecule has 8 aromatic rings. The van der Waals surface area contributed by atoms with Crippen LogP contribution in [-0.2, 0) is 6.54 Å². The summed E-state index contributed by atoms with van der Waals surface area (Å²) in [7, 11) is 0. The quantitative estimate of drug-likeness (QED) is 0.180. The number of fused-ring (bicyclic) bond motifs is 7. The number of para-hydroxylation sites is 3. The predicted octanol–water partition coefficient (Wildman–Crippen LogP) is 11.8. The van der Waals surface area contributed by atoms with Crippen LogP contribution in [0.5, 0.6) is 0 Å². The highest BCUT2D eigenvalue weighted by molar-refractivity contribution is 6.19. The lowest BCUT2D eigenvalue weighted by molar-refractivity contribution is 0.963. The molecule has 47 heavy (non-hydrogen) atoms. The fraction of sp³-hybridized carbons (Fsp3) is 0.0227. The summed E-state index contributed by atoms with van der Waals surface area (Å²) in [5, 5.41) is 2.49. The summed E-state index contributed by atoms with van der Waals surface area (Å²) in [5.41, 5.74) is 15.2. The van der Waals surface area contributed by atoms with Gasteiger partial charge in [0.1, 0.15) is 0 Å². The fourth-order valence-electron chi connectivity index (χ4n) is 7.36. The van der Waals surface area contributed by atoms with Crippen LogP contribution in [0.2, 0.25) is 0 Å². The van der Waals surface area contributed by atoms with E-state index in [1.165, 1.54) is 66.4 Å². The fourth-order valence-corrected chi connectivity index (χ4v) is 7.36. The highest BCUT2D eigenvalue weighted by Crippen LogP contribution is 2.50. The molecule has 1 aliphatic heterocycles. The zero-order chi connectivity index (χ0) is 31.3. The summed E-state index contributed by atoms with van der Waals surface area (Å²) in [5.74, 6) is 0. The summed E-state index contributed by atoms with van der Waals surface area (Å²) < 4.78 is 2.45. The third-order valence-electron chi connectivity index (χ3n) is 9.46. The summed E-state index contributed by atoms with van der Waals surface area (Å²) in [6.45, 7) is 4.66. The molecule has 3 nitrogen and oxygen atoms in total. The van der Waals surface area contributed by atoms with Crippen molar-refractivity contribution >= 4 is 45.6 Å². The van der Waals surface area contributed by atoms with Crippen molar-refractivity contribution in [2.45, 2.75) is 6.54 Å². The van der Waals surface area contributed by atoms with E-state index in [9.17, 15) is 0 Å². The molecule has 0 N–H and O–H groups in total. The molecule has 1 aliphatic rings. The van der Waals surface area contributed by atoms with Crippen LogP contribution in [0.25, 0.3) is 60.9 Å². The van der Waals surface area contributed by atoms with Gasteiger partial charge >= 0.3 is 0 Å². The van der Waals surface area contributed by atoms with Gasteiger partial charge in [0.25, 0.3) is 0 Å².